The standard InChI is InChI=1S/C15H22BrN3/c1-11(2)19(9-5-8-17)13-6-7-14(12(3)18-4)15(16)10-13/h6-7,10-12,18H,5,9H2,1-4H3. The summed E-state index contributed by atoms with van der Waals surface area (Å²) in [6.45, 7) is 7.20. The second kappa shape index (κ2) is 7.52. The van der Waals surface area contributed by atoms with Crippen molar-refractivity contribution >= 4 is 21.6 Å². The molecule has 0 aliphatic carbocycles. The highest BCUT2D eigenvalue weighted by Crippen LogP contribution is 2.29. The molecule has 0 heterocycles. The van der Waals surface area contributed by atoms with Crippen LogP contribution in [0.25, 0.3) is 0 Å². The van der Waals surface area contributed by atoms with Gasteiger partial charge in [-0.15, -0.1) is 0 Å². The van der Waals surface area contributed by atoms with Gasteiger partial charge in [0, 0.05) is 28.8 Å². The van der Waals surface area contributed by atoms with Gasteiger partial charge in [0.2, 0.25) is 0 Å². The van der Waals surface area contributed by atoms with Crippen LogP contribution in [0.2, 0.25) is 0 Å². The molecule has 0 aromatic heterocycles. The fraction of sp³-hybridized carbons (Fsp3) is 0.533. The van der Waals surface area contributed by atoms with Crippen molar-refractivity contribution in [3.63, 3.8) is 0 Å². The van der Waals surface area contributed by atoms with Gasteiger partial charge in [-0.3, -0.25) is 0 Å². The largest absolute Gasteiger partial charge is 0.368 e. The van der Waals surface area contributed by atoms with E-state index < -0.39 is 0 Å². The van der Waals surface area contributed by atoms with E-state index in [0.717, 1.165) is 16.7 Å². The molecule has 0 radical (unpaired) electrons. The van der Waals surface area contributed by atoms with Crippen LogP contribution >= 0.6 is 15.9 Å². The SMILES string of the molecule is CNC(C)c1ccc(N(CCC#N)C(C)C)cc1Br. The molecule has 1 rings (SSSR count). The maximum atomic E-state index is 8.75. The van der Waals surface area contributed by atoms with Crippen molar-refractivity contribution in [2.75, 3.05) is 18.5 Å². The molecule has 0 fully saturated rings. The zero-order valence-corrected chi connectivity index (χ0v) is 13.7. The quantitative estimate of drug-likeness (QED) is 0.864. The molecule has 1 atom stereocenters. The van der Waals surface area contributed by atoms with Gasteiger partial charge in [-0.2, -0.15) is 5.26 Å². The third kappa shape index (κ3) is 4.22. The molecule has 4 heteroatoms. The maximum Gasteiger partial charge on any atom is 0.0640 e. The third-order valence-electron chi connectivity index (χ3n) is 3.30. The summed E-state index contributed by atoms with van der Waals surface area (Å²) in [5, 5.41) is 12.0. The highest BCUT2D eigenvalue weighted by atomic mass is 79.9. The predicted molar refractivity (Wildman–Crippen MR) is 84.3 cm³/mol. The Bertz CT molecular complexity index is 451. The Morgan fingerprint density at radius 1 is 1.37 bits per heavy atom. The van der Waals surface area contributed by atoms with Crippen LogP contribution in [0.3, 0.4) is 0 Å². The summed E-state index contributed by atoms with van der Waals surface area (Å²) in [4.78, 5) is 2.25. The Kier molecular flexibility index (Phi) is 6.33. The molecule has 104 valence electrons. The third-order valence-corrected chi connectivity index (χ3v) is 3.99. The average Bonchev–Trinajstić information content (AvgIpc) is 2.38. The van der Waals surface area contributed by atoms with Gasteiger partial charge in [0.05, 0.1) is 12.5 Å². The summed E-state index contributed by atoms with van der Waals surface area (Å²) in [7, 11) is 1.96. The minimum absolute atomic E-state index is 0.315. The fourth-order valence-electron chi connectivity index (χ4n) is 2.06. The van der Waals surface area contributed by atoms with E-state index in [9.17, 15) is 0 Å². The van der Waals surface area contributed by atoms with E-state index >= 15 is 0 Å². The summed E-state index contributed by atoms with van der Waals surface area (Å²) in [6.07, 6.45) is 0.546. The maximum absolute atomic E-state index is 8.75. The summed E-state index contributed by atoms with van der Waals surface area (Å²) in [5.41, 5.74) is 2.40. The van der Waals surface area contributed by atoms with Gasteiger partial charge in [-0.05, 0) is 45.5 Å². The van der Waals surface area contributed by atoms with Crippen molar-refractivity contribution in [3.8, 4) is 6.07 Å². The number of hydrogen-bond acceptors (Lipinski definition) is 3. The first-order chi connectivity index (χ1) is 9.01. The second-order valence-corrected chi connectivity index (χ2v) is 5.77. The summed E-state index contributed by atoms with van der Waals surface area (Å²) in [5.74, 6) is 0. The number of nitrogens with zero attached hydrogens (tertiary/aromatic N) is 2. The van der Waals surface area contributed by atoms with Crippen LogP contribution in [0.1, 0.15) is 38.8 Å². The molecule has 1 unspecified atom stereocenters. The van der Waals surface area contributed by atoms with E-state index in [-0.39, 0.29) is 0 Å². The van der Waals surface area contributed by atoms with Crippen molar-refractivity contribution in [1.82, 2.24) is 5.32 Å². The van der Waals surface area contributed by atoms with E-state index in [1.165, 1.54) is 5.56 Å². The van der Waals surface area contributed by atoms with E-state index in [1.54, 1.807) is 0 Å². The van der Waals surface area contributed by atoms with Crippen LogP contribution in [-0.4, -0.2) is 19.6 Å². The number of nitrogens with one attached hydrogen (secondary N) is 1. The summed E-state index contributed by atoms with van der Waals surface area (Å²) in [6, 6.07) is 9.32. The zero-order chi connectivity index (χ0) is 14.4. The number of benzene rings is 1. The summed E-state index contributed by atoms with van der Waals surface area (Å²) < 4.78 is 1.11. The molecular weight excluding hydrogens is 302 g/mol. The Labute approximate surface area is 124 Å². The van der Waals surface area contributed by atoms with Crippen LogP contribution in [0, 0.1) is 11.3 Å². The fourth-order valence-corrected chi connectivity index (χ4v) is 2.77. The molecular formula is C15H22BrN3. The van der Waals surface area contributed by atoms with Gasteiger partial charge in [-0.25, -0.2) is 0 Å². The lowest BCUT2D eigenvalue weighted by Crippen LogP contribution is -2.31. The molecule has 0 amide bonds. The number of rotatable bonds is 6. The van der Waals surface area contributed by atoms with Gasteiger partial charge in [0.25, 0.3) is 0 Å². The Balaban J connectivity index is 3.00. The zero-order valence-electron chi connectivity index (χ0n) is 12.1. The van der Waals surface area contributed by atoms with Crippen molar-refractivity contribution in [1.29, 1.82) is 5.26 Å². The smallest absolute Gasteiger partial charge is 0.0640 e. The van der Waals surface area contributed by atoms with Gasteiger partial charge >= 0.3 is 0 Å². The number of nitriles is 1. The lowest BCUT2D eigenvalue weighted by atomic mass is 10.1. The van der Waals surface area contributed by atoms with Crippen LogP contribution in [0.4, 0.5) is 5.69 Å². The van der Waals surface area contributed by atoms with E-state index in [0.29, 0.717) is 18.5 Å². The van der Waals surface area contributed by atoms with Crippen molar-refractivity contribution in [2.24, 2.45) is 0 Å². The molecule has 1 N–H and O–H groups in total. The summed E-state index contributed by atoms with van der Waals surface area (Å²) >= 11 is 3.64. The van der Waals surface area contributed by atoms with E-state index in [1.807, 2.05) is 7.05 Å². The molecule has 19 heavy (non-hydrogen) atoms. The average molecular weight is 324 g/mol. The lowest BCUT2D eigenvalue weighted by Gasteiger charge is -2.29. The second-order valence-electron chi connectivity index (χ2n) is 4.91. The predicted octanol–water partition coefficient (Wildman–Crippen LogP) is 3.86. The first-order valence-corrected chi connectivity index (χ1v) is 7.40. The number of halogens is 1. The molecule has 0 aliphatic heterocycles. The molecule has 0 saturated carbocycles. The minimum Gasteiger partial charge on any atom is -0.368 e. The molecule has 3 nitrogen and oxygen atoms in total. The monoisotopic (exact) mass is 323 g/mol. The highest BCUT2D eigenvalue weighted by Gasteiger charge is 2.13. The minimum atomic E-state index is 0.315. The van der Waals surface area contributed by atoms with Crippen LogP contribution in [0.5, 0.6) is 0 Å². The van der Waals surface area contributed by atoms with Crippen molar-refractivity contribution in [2.45, 2.75) is 39.3 Å². The van der Waals surface area contributed by atoms with Gasteiger partial charge in [-0.1, -0.05) is 22.0 Å². The van der Waals surface area contributed by atoms with Crippen LogP contribution in [-0.2, 0) is 0 Å². The topological polar surface area (TPSA) is 39.1 Å². The van der Waals surface area contributed by atoms with Gasteiger partial charge < -0.3 is 10.2 Å². The molecule has 0 saturated heterocycles. The Hall–Kier alpha value is -1.05. The van der Waals surface area contributed by atoms with E-state index in [2.05, 4.69) is 71.2 Å². The van der Waals surface area contributed by atoms with Gasteiger partial charge in [0.1, 0.15) is 0 Å². The molecule has 0 aliphatic rings. The lowest BCUT2D eigenvalue weighted by molar-refractivity contribution is 0.648. The van der Waals surface area contributed by atoms with Crippen LogP contribution < -0.4 is 10.2 Å². The normalized spacial score (nSPS) is 12.3. The van der Waals surface area contributed by atoms with Crippen molar-refractivity contribution < 1.29 is 0 Å². The highest BCUT2D eigenvalue weighted by molar-refractivity contribution is 9.10. The first kappa shape index (κ1) is 16.0. The Morgan fingerprint density at radius 3 is 2.53 bits per heavy atom. The van der Waals surface area contributed by atoms with Crippen LogP contribution in [0.15, 0.2) is 22.7 Å². The van der Waals surface area contributed by atoms with Gasteiger partial charge in [0.15, 0.2) is 0 Å². The molecule has 1 aromatic rings. The molecule has 1 aromatic carbocycles. The Morgan fingerprint density at radius 2 is 2.05 bits per heavy atom. The molecule has 0 bridgehead atoms. The molecule has 0 spiro atoms. The van der Waals surface area contributed by atoms with E-state index in [4.69, 9.17) is 5.26 Å². The number of hydrogen-bond donors (Lipinski definition) is 1. The van der Waals surface area contributed by atoms with Crippen molar-refractivity contribution in [3.05, 3.63) is 28.2 Å². The number of anilines is 1. The first-order valence-electron chi connectivity index (χ1n) is 6.61.